The zero-order valence-corrected chi connectivity index (χ0v) is 13.4. The smallest absolute Gasteiger partial charge is 0.252 e. The van der Waals surface area contributed by atoms with E-state index in [-0.39, 0.29) is 5.91 Å². The zero-order chi connectivity index (χ0) is 14.6. The largest absolute Gasteiger partial charge is 0.388 e. The van der Waals surface area contributed by atoms with Gasteiger partial charge in [-0.1, -0.05) is 25.5 Å². The molecule has 0 radical (unpaired) electrons. The van der Waals surface area contributed by atoms with E-state index in [0.717, 1.165) is 36.1 Å². The molecule has 0 atom stereocenters. The Labute approximate surface area is 128 Å². The summed E-state index contributed by atoms with van der Waals surface area (Å²) in [5, 5.41) is 13.4. The number of nitrogens with one attached hydrogen (secondary N) is 1. The van der Waals surface area contributed by atoms with Crippen LogP contribution in [0.1, 0.15) is 49.4 Å². The molecule has 3 nitrogen and oxygen atoms in total. The van der Waals surface area contributed by atoms with E-state index in [0.29, 0.717) is 12.1 Å². The van der Waals surface area contributed by atoms with Gasteiger partial charge in [0.15, 0.2) is 0 Å². The van der Waals surface area contributed by atoms with Gasteiger partial charge in [-0.3, -0.25) is 4.79 Å². The maximum Gasteiger partial charge on any atom is 0.252 e. The summed E-state index contributed by atoms with van der Waals surface area (Å²) in [4.78, 5) is 12.1. The molecule has 1 aromatic rings. The molecule has 1 aromatic carbocycles. The fourth-order valence-electron chi connectivity index (χ4n) is 2.79. The molecule has 1 saturated carbocycles. The lowest BCUT2D eigenvalue weighted by molar-refractivity contribution is -0.00787. The maximum atomic E-state index is 12.1. The van der Waals surface area contributed by atoms with Gasteiger partial charge in [0.2, 0.25) is 0 Å². The molecule has 1 aliphatic carbocycles. The first-order valence-electron chi connectivity index (χ1n) is 7.29. The molecule has 1 aliphatic rings. The van der Waals surface area contributed by atoms with Crippen molar-refractivity contribution in [1.82, 2.24) is 5.32 Å². The van der Waals surface area contributed by atoms with Crippen LogP contribution in [0, 0.1) is 5.92 Å². The van der Waals surface area contributed by atoms with E-state index in [2.05, 4.69) is 28.2 Å². The molecule has 2 rings (SSSR count). The van der Waals surface area contributed by atoms with E-state index >= 15 is 0 Å². The van der Waals surface area contributed by atoms with Crippen LogP contribution in [0.25, 0.3) is 0 Å². The topological polar surface area (TPSA) is 49.3 Å². The van der Waals surface area contributed by atoms with Gasteiger partial charge in [-0.15, -0.1) is 0 Å². The van der Waals surface area contributed by atoms with Crippen molar-refractivity contribution in [3.05, 3.63) is 34.3 Å². The molecule has 0 aliphatic heterocycles. The molecule has 0 saturated heterocycles. The number of hydrogen-bond donors (Lipinski definition) is 2. The van der Waals surface area contributed by atoms with E-state index < -0.39 is 5.60 Å². The molecular weight excluding hydrogens is 318 g/mol. The Morgan fingerprint density at radius 3 is 2.65 bits per heavy atom. The Morgan fingerprint density at radius 1 is 1.40 bits per heavy atom. The fourth-order valence-corrected chi connectivity index (χ4v) is 3.25. The van der Waals surface area contributed by atoms with Crippen LogP contribution in [-0.4, -0.2) is 23.2 Å². The van der Waals surface area contributed by atoms with Crippen molar-refractivity contribution in [2.45, 2.75) is 44.6 Å². The van der Waals surface area contributed by atoms with E-state index in [1.165, 1.54) is 6.42 Å². The second-order valence-electron chi connectivity index (χ2n) is 5.74. The van der Waals surface area contributed by atoms with Gasteiger partial charge in [0.1, 0.15) is 0 Å². The molecule has 110 valence electrons. The number of hydrogen-bond acceptors (Lipinski definition) is 2. The van der Waals surface area contributed by atoms with E-state index in [9.17, 15) is 9.90 Å². The van der Waals surface area contributed by atoms with Crippen molar-refractivity contribution in [1.29, 1.82) is 0 Å². The highest BCUT2D eigenvalue weighted by atomic mass is 79.9. The first-order valence-corrected chi connectivity index (χ1v) is 8.08. The molecule has 0 spiro atoms. The fraction of sp³-hybridized carbons (Fsp3) is 0.562. The Bertz CT molecular complexity index is 467. The number of amides is 1. The monoisotopic (exact) mass is 339 g/mol. The molecule has 0 aromatic heterocycles. The van der Waals surface area contributed by atoms with E-state index in [4.69, 9.17) is 0 Å². The second-order valence-corrected chi connectivity index (χ2v) is 6.59. The number of aliphatic hydroxyl groups is 1. The minimum Gasteiger partial charge on any atom is -0.388 e. The van der Waals surface area contributed by atoms with Crippen LogP contribution >= 0.6 is 15.9 Å². The third-order valence-electron chi connectivity index (χ3n) is 4.31. The summed E-state index contributed by atoms with van der Waals surface area (Å²) in [6.07, 6.45) is 4.85. The number of carbonyl (C=O) groups is 1. The lowest BCUT2D eigenvalue weighted by Gasteiger charge is -2.35. The molecule has 0 unspecified atom stereocenters. The third-order valence-corrected chi connectivity index (χ3v) is 5.00. The van der Waals surface area contributed by atoms with Gasteiger partial charge in [-0.2, -0.15) is 0 Å². The molecule has 20 heavy (non-hydrogen) atoms. The number of carbonyl (C=O) groups excluding carboxylic acids is 1. The van der Waals surface area contributed by atoms with Crippen LogP contribution in [0.15, 0.2) is 28.7 Å². The summed E-state index contributed by atoms with van der Waals surface area (Å²) < 4.78 is 0.777. The van der Waals surface area contributed by atoms with Crippen LogP contribution < -0.4 is 5.32 Å². The van der Waals surface area contributed by atoms with Gasteiger partial charge in [-0.25, -0.2) is 0 Å². The Balaban J connectivity index is 1.89. The molecule has 1 amide bonds. The van der Waals surface area contributed by atoms with Crippen molar-refractivity contribution in [3.8, 4) is 0 Å². The number of benzene rings is 1. The zero-order valence-electron chi connectivity index (χ0n) is 11.9. The number of rotatable bonds is 4. The highest BCUT2D eigenvalue weighted by Gasteiger charge is 2.32. The molecule has 1 fully saturated rings. The van der Waals surface area contributed by atoms with Crippen molar-refractivity contribution < 1.29 is 9.90 Å². The van der Waals surface area contributed by atoms with Crippen LogP contribution in [0.4, 0.5) is 0 Å². The highest BCUT2D eigenvalue weighted by Crippen LogP contribution is 2.33. The first kappa shape index (κ1) is 15.5. The molecule has 4 heteroatoms. The van der Waals surface area contributed by atoms with Gasteiger partial charge in [0.25, 0.3) is 5.91 Å². The molecule has 0 bridgehead atoms. The van der Waals surface area contributed by atoms with Gasteiger partial charge < -0.3 is 10.4 Å². The van der Waals surface area contributed by atoms with Gasteiger partial charge in [-0.05, 0) is 59.7 Å². The van der Waals surface area contributed by atoms with Crippen molar-refractivity contribution in [3.63, 3.8) is 0 Å². The van der Waals surface area contributed by atoms with Crippen molar-refractivity contribution >= 4 is 21.8 Å². The van der Waals surface area contributed by atoms with Crippen LogP contribution in [0.3, 0.4) is 0 Å². The summed E-state index contributed by atoms with van der Waals surface area (Å²) in [5.74, 6) is 0.595. The summed E-state index contributed by atoms with van der Waals surface area (Å²) in [6, 6.07) is 7.33. The van der Waals surface area contributed by atoms with Gasteiger partial charge in [0, 0.05) is 11.0 Å². The average Bonchev–Trinajstić information content (AvgIpc) is 2.46. The molecule has 2 N–H and O–H groups in total. The summed E-state index contributed by atoms with van der Waals surface area (Å²) in [7, 11) is 0. The highest BCUT2D eigenvalue weighted by molar-refractivity contribution is 9.10. The molecular formula is C16H22BrNO2. The Kier molecular flexibility index (Phi) is 5.22. The van der Waals surface area contributed by atoms with Crippen LogP contribution in [-0.2, 0) is 0 Å². The van der Waals surface area contributed by atoms with E-state index in [1.807, 2.05) is 18.2 Å². The third kappa shape index (κ3) is 3.83. The predicted octanol–water partition coefficient (Wildman–Crippen LogP) is 3.51. The lowest BCUT2D eigenvalue weighted by atomic mass is 9.78. The normalized spacial score (nSPS) is 26.2. The quantitative estimate of drug-likeness (QED) is 0.881. The summed E-state index contributed by atoms with van der Waals surface area (Å²) in [6.45, 7) is 2.54. The van der Waals surface area contributed by atoms with Crippen molar-refractivity contribution in [2.75, 3.05) is 6.54 Å². The SMILES string of the molecule is CCC1CCC(O)(CNC(=O)c2ccccc2Br)CC1. The first-order chi connectivity index (χ1) is 9.54. The minimum absolute atomic E-state index is 0.136. The van der Waals surface area contributed by atoms with Crippen LogP contribution in [0.2, 0.25) is 0 Å². The lowest BCUT2D eigenvalue weighted by Crippen LogP contribution is -2.45. The minimum atomic E-state index is -0.734. The standard InChI is InChI=1S/C16H22BrNO2/c1-2-12-7-9-16(20,10-8-12)11-18-15(19)13-5-3-4-6-14(13)17/h3-6,12,20H,2,7-11H2,1H3,(H,18,19). The van der Waals surface area contributed by atoms with Crippen LogP contribution in [0.5, 0.6) is 0 Å². The van der Waals surface area contributed by atoms with Gasteiger partial charge >= 0.3 is 0 Å². The number of halogens is 1. The average molecular weight is 340 g/mol. The molecule has 0 heterocycles. The summed E-state index contributed by atoms with van der Waals surface area (Å²) >= 11 is 3.37. The summed E-state index contributed by atoms with van der Waals surface area (Å²) in [5.41, 5.74) is -0.124. The van der Waals surface area contributed by atoms with Crippen molar-refractivity contribution in [2.24, 2.45) is 5.92 Å². The Morgan fingerprint density at radius 2 is 2.05 bits per heavy atom. The maximum absolute atomic E-state index is 12.1. The van der Waals surface area contributed by atoms with E-state index in [1.54, 1.807) is 6.07 Å². The predicted molar refractivity (Wildman–Crippen MR) is 83.7 cm³/mol. The Hall–Kier alpha value is -0.870. The second kappa shape index (κ2) is 6.72. The van der Waals surface area contributed by atoms with Gasteiger partial charge in [0.05, 0.1) is 11.2 Å².